The van der Waals surface area contributed by atoms with E-state index in [1.807, 2.05) is 7.05 Å². The molecule has 2 rings (SSSR count). The van der Waals surface area contributed by atoms with Crippen LogP contribution in [0.25, 0.3) is 0 Å². The molecule has 1 N–H and O–H groups in total. The van der Waals surface area contributed by atoms with Crippen LogP contribution in [0.1, 0.15) is 44.7 Å². The summed E-state index contributed by atoms with van der Waals surface area (Å²) in [5.74, 6) is -1.14. The minimum atomic E-state index is -0.749. The molecule has 21 heavy (non-hydrogen) atoms. The first-order chi connectivity index (χ1) is 10.0. The monoisotopic (exact) mass is 296 g/mol. The molecule has 0 saturated carbocycles. The van der Waals surface area contributed by atoms with Gasteiger partial charge in [-0.15, -0.1) is 0 Å². The lowest BCUT2D eigenvalue weighted by Gasteiger charge is -2.33. The van der Waals surface area contributed by atoms with Crippen molar-refractivity contribution < 1.29 is 8.78 Å². The van der Waals surface area contributed by atoms with E-state index in [1.165, 1.54) is 6.07 Å². The molecule has 0 amide bonds. The third-order valence-electron chi connectivity index (χ3n) is 4.35. The molecule has 0 aromatic heterocycles. The van der Waals surface area contributed by atoms with Gasteiger partial charge in [0.25, 0.3) is 0 Å². The second kappa shape index (κ2) is 7.32. The molecule has 1 saturated heterocycles. The largest absolute Gasteiger partial charge is 0.314 e. The van der Waals surface area contributed by atoms with Gasteiger partial charge in [-0.05, 0) is 38.4 Å². The molecule has 0 bridgehead atoms. The van der Waals surface area contributed by atoms with E-state index in [9.17, 15) is 8.78 Å². The Hall–Kier alpha value is -1.00. The van der Waals surface area contributed by atoms with E-state index in [0.29, 0.717) is 17.5 Å². The van der Waals surface area contributed by atoms with Gasteiger partial charge >= 0.3 is 0 Å². The fraction of sp³-hybridized carbons (Fsp3) is 0.647. The van der Waals surface area contributed by atoms with Gasteiger partial charge in [-0.25, -0.2) is 8.78 Å². The van der Waals surface area contributed by atoms with Crippen LogP contribution in [0.4, 0.5) is 8.78 Å². The third-order valence-corrected chi connectivity index (χ3v) is 4.35. The van der Waals surface area contributed by atoms with Crippen molar-refractivity contribution in [2.24, 2.45) is 5.92 Å². The van der Waals surface area contributed by atoms with Gasteiger partial charge in [-0.2, -0.15) is 0 Å². The maximum absolute atomic E-state index is 14.2. The Morgan fingerprint density at radius 2 is 2.05 bits per heavy atom. The normalized spacial score (nSPS) is 24.3. The molecule has 1 aliphatic heterocycles. The van der Waals surface area contributed by atoms with Crippen molar-refractivity contribution in [3.63, 3.8) is 0 Å². The fourth-order valence-electron chi connectivity index (χ4n) is 3.27. The van der Waals surface area contributed by atoms with Gasteiger partial charge in [0.15, 0.2) is 11.6 Å². The Morgan fingerprint density at radius 3 is 2.76 bits per heavy atom. The molecule has 1 aromatic rings. The molecule has 0 spiro atoms. The van der Waals surface area contributed by atoms with Crippen LogP contribution in [0, 0.1) is 17.6 Å². The highest BCUT2D eigenvalue weighted by atomic mass is 19.2. The van der Waals surface area contributed by atoms with Crippen molar-refractivity contribution >= 4 is 0 Å². The summed E-state index contributed by atoms with van der Waals surface area (Å²) in [5, 5.41) is 3.45. The van der Waals surface area contributed by atoms with Crippen molar-refractivity contribution in [3.05, 3.63) is 35.4 Å². The zero-order chi connectivity index (χ0) is 15.4. The number of hydrogen-bond donors (Lipinski definition) is 1. The van der Waals surface area contributed by atoms with Crippen LogP contribution in [-0.2, 0) is 0 Å². The number of nitrogens with zero attached hydrogens (tertiary/aromatic N) is 1. The lowest BCUT2D eigenvalue weighted by molar-refractivity contribution is 0.181. The Balaban J connectivity index is 2.30. The summed E-state index contributed by atoms with van der Waals surface area (Å²) in [6, 6.07) is 4.87. The van der Waals surface area contributed by atoms with E-state index in [-0.39, 0.29) is 6.04 Å². The molecule has 2 unspecified atom stereocenters. The number of halogens is 2. The first-order valence-corrected chi connectivity index (χ1v) is 7.88. The molecule has 4 heteroatoms. The van der Waals surface area contributed by atoms with Crippen LogP contribution in [0.2, 0.25) is 0 Å². The van der Waals surface area contributed by atoms with Gasteiger partial charge in [-0.3, -0.25) is 4.90 Å². The summed E-state index contributed by atoms with van der Waals surface area (Å²) >= 11 is 0. The van der Waals surface area contributed by atoms with Gasteiger partial charge in [0.05, 0.1) is 0 Å². The van der Waals surface area contributed by atoms with Crippen LogP contribution in [0.15, 0.2) is 18.2 Å². The van der Waals surface area contributed by atoms with E-state index in [4.69, 9.17) is 0 Å². The zero-order valence-electron chi connectivity index (χ0n) is 13.2. The predicted molar refractivity (Wildman–Crippen MR) is 82.2 cm³/mol. The molecular weight excluding hydrogens is 270 g/mol. The average molecular weight is 296 g/mol. The van der Waals surface area contributed by atoms with Gasteiger partial charge in [0.1, 0.15) is 0 Å². The van der Waals surface area contributed by atoms with Crippen molar-refractivity contribution in [1.82, 2.24) is 10.2 Å². The molecule has 1 heterocycles. The van der Waals surface area contributed by atoms with E-state index in [0.717, 1.165) is 32.4 Å². The SMILES string of the molecule is CC(C)NCC1CCCCN(C)C1c1cccc(F)c1F. The highest BCUT2D eigenvalue weighted by Crippen LogP contribution is 2.35. The third kappa shape index (κ3) is 4.01. The Morgan fingerprint density at radius 1 is 1.29 bits per heavy atom. The average Bonchev–Trinajstić information content (AvgIpc) is 2.61. The first-order valence-electron chi connectivity index (χ1n) is 7.88. The summed E-state index contributed by atoms with van der Waals surface area (Å²) in [6.07, 6.45) is 3.30. The maximum atomic E-state index is 14.2. The van der Waals surface area contributed by atoms with Gasteiger partial charge < -0.3 is 5.32 Å². The second-order valence-electron chi connectivity index (χ2n) is 6.39. The smallest absolute Gasteiger partial charge is 0.163 e. The van der Waals surface area contributed by atoms with Gasteiger partial charge in [0, 0.05) is 24.2 Å². The molecule has 1 aromatic carbocycles. The van der Waals surface area contributed by atoms with E-state index < -0.39 is 11.6 Å². The van der Waals surface area contributed by atoms with Crippen LogP contribution in [-0.4, -0.2) is 31.1 Å². The minimum Gasteiger partial charge on any atom is -0.314 e. The summed E-state index contributed by atoms with van der Waals surface area (Å²) in [7, 11) is 2.02. The number of benzene rings is 1. The lowest BCUT2D eigenvalue weighted by Crippen LogP contribution is -2.37. The first kappa shape index (κ1) is 16.4. The minimum absolute atomic E-state index is 0.0607. The summed E-state index contributed by atoms with van der Waals surface area (Å²) in [6.45, 7) is 5.98. The second-order valence-corrected chi connectivity index (χ2v) is 6.39. The lowest BCUT2D eigenvalue weighted by atomic mass is 9.88. The molecule has 1 aliphatic rings. The van der Waals surface area contributed by atoms with Crippen LogP contribution >= 0.6 is 0 Å². The highest BCUT2D eigenvalue weighted by Gasteiger charge is 2.31. The van der Waals surface area contributed by atoms with Crippen LogP contribution < -0.4 is 5.32 Å². The van der Waals surface area contributed by atoms with Crippen molar-refractivity contribution in [2.45, 2.75) is 45.2 Å². The molecule has 0 aliphatic carbocycles. The summed E-state index contributed by atoms with van der Waals surface area (Å²) in [5.41, 5.74) is 0.495. The van der Waals surface area contributed by atoms with Crippen LogP contribution in [0.5, 0.6) is 0 Å². The van der Waals surface area contributed by atoms with E-state index in [2.05, 4.69) is 24.1 Å². The Bertz CT molecular complexity index is 462. The number of likely N-dealkylation sites (tertiary alicyclic amines) is 1. The molecule has 2 atom stereocenters. The van der Waals surface area contributed by atoms with Crippen molar-refractivity contribution in [1.29, 1.82) is 0 Å². The Labute approximate surface area is 126 Å². The zero-order valence-corrected chi connectivity index (χ0v) is 13.2. The molecule has 118 valence electrons. The van der Waals surface area contributed by atoms with Crippen LogP contribution in [0.3, 0.4) is 0 Å². The topological polar surface area (TPSA) is 15.3 Å². The Kier molecular flexibility index (Phi) is 5.71. The van der Waals surface area contributed by atoms with E-state index in [1.54, 1.807) is 12.1 Å². The van der Waals surface area contributed by atoms with Crippen molar-refractivity contribution in [3.8, 4) is 0 Å². The number of hydrogen-bond acceptors (Lipinski definition) is 2. The highest BCUT2D eigenvalue weighted by molar-refractivity contribution is 5.23. The molecular formula is C17H26F2N2. The number of nitrogens with one attached hydrogen (secondary N) is 1. The fourth-order valence-corrected chi connectivity index (χ4v) is 3.27. The van der Waals surface area contributed by atoms with Gasteiger partial charge in [0.2, 0.25) is 0 Å². The summed E-state index contributed by atoms with van der Waals surface area (Å²) < 4.78 is 27.8. The predicted octanol–water partition coefficient (Wildman–Crippen LogP) is 3.74. The summed E-state index contributed by atoms with van der Waals surface area (Å²) in [4.78, 5) is 2.18. The van der Waals surface area contributed by atoms with E-state index >= 15 is 0 Å². The molecule has 2 nitrogen and oxygen atoms in total. The maximum Gasteiger partial charge on any atom is 0.163 e. The van der Waals surface area contributed by atoms with Crippen molar-refractivity contribution in [2.75, 3.05) is 20.1 Å². The molecule has 0 radical (unpaired) electrons. The quantitative estimate of drug-likeness (QED) is 0.910. The number of rotatable bonds is 4. The van der Waals surface area contributed by atoms with Gasteiger partial charge in [-0.1, -0.05) is 32.4 Å². The standard InChI is InChI=1S/C17H26F2N2/c1-12(2)20-11-13-7-4-5-10-21(3)17(13)14-8-6-9-15(18)16(14)19/h6,8-9,12-13,17,20H,4-5,7,10-11H2,1-3H3. The molecule has 1 fully saturated rings.